The van der Waals surface area contributed by atoms with E-state index in [1.807, 2.05) is 25.1 Å². The second kappa shape index (κ2) is 8.62. The highest BCUT2D eigenvalue weighted by Crippen LogP contribution is 2.13. The van der Waals surface area contributed by atoms with Gasteiger partial charge >= 0.3 is 0 Å². The molecule has 0 aliphatic carbocycles. The quantitative estimate of drug-likeness (QED) is 0.753. The molecule has 0 unspecified atom stereocenters. The first kappa shape index (κ1) is 19.1. The first-order valence-corrected chi connectivity index (χ1v) is 8.97. The van der Waals surface area contributed by atoms with Crippen molar-refractivity contribution in [3.05, 3.63) is 29.8 Å². The molecule has 0 aliphatic rings. The van der Waals surface area contributed by atoms with Crippen molar-refractivity contribution in [2.24, 2.45) is 0 Å². The van der Waals surface area contributed by atoms with Crippen LogP contribution in [-0.2, 0) is 14.8 Å². The van der Waals surface area contributed by atoms with Crippen molar-refractivity contribution in [2.75, 3.05) is 45.3 Å². The largest absolute Gasteiger partial charge is 0.324 e. The Kier molecular flexibility index (Phi) is 7.16. The smallest absolute Gasteiger partial charge is 0.239 e. The van der Waals surface area contributed by atoms with Crippen LogP contribution in [0.4, 0.5) is 5.69 Å². The molecule has 1 amide bonds. The number of nitriles is 1. The Morgan fingerprint density at radius 1 is 1.26 bits per heavy atom. The van der Waals surface area contributed by atoms with Crippen LogP contribution >= 0.6 is 0 Å². The molecule has 1 aromatic rings. The van der Waals surface area contributed by atoms with Crippen molar-refractivity contribution < 1.29 is 13.2 Å². The normalized spacial score (nSPS) is 11.5. The minimum absolute atomic E-state index is 0.268. The molecule has 0 spiro atoms. The topological polar surface area (TPSA) is 93.5 Å². The van der Waals surface area contributed by atoms with E-state index in [1.54, 1.807) is 24.3 Å². The molecule has 8 heteroatoms. The fourth-order valence-electron chi connectivity index (χ4n) is 1.96. The fraction of sp³-hybridized carbons (Fsp3) is 0.467. The van der Waals surface area contributed by atoms with Crippen LogP contribution in [0.3, 0.4) is 0 Å². The van der Waals surface area contributed by atoms with Crippen molar-refractivity contribution >= 4 is 21.6 Å². The lowest BCUT2D eigenvalue weighted by Gasteiger charge is -2.20. The lowest BCUT2D eigenvalue weighted by molar-refractivity contribution is -0.116. The average Bonchev–Trinajstić information content (AvgIpc) is 2.45. The third kappa shape index (κ3) is 6.78. The molecule has 23 heavy (non-hydrogen) atoms. The summed E-state index contributed by atoms with van der Waals surface area (Å²) in [6.07, 6.45) is 1.71. The molecule has 0 fully saturated rings. The number of anilines is 1. The summed E-state index contributed by atoms with van der Waals surface area (Å²) in [7, 11) is 0.321. The summed E-state index contributed by atoms with van der Waals surface area (Å²) >= 11 is 0. The number of amides is 1. The summed E-state index contributed by atoms with van der Waals surface area (Å²) in [6.45, 7) is 0.723. The molecule has 0 heterocycles. The molecule has 0 atom stereocenters. The van der Waals surface area contributed by atoms with E-state index in [-0.39, 0.29) is 13.1 Å². The fourth-order valence-corrected chi connectivity index (χ4v) is 2.78. The van der Waals surface area contributed by atoms with Crippen molar-refractivity contribution in [1.82, 2.24) is 9.21 Å². The molecule has 7 nitrogen and oxygen atoms in total. The lowest BCUT2D eigenvalue weighted by atomic mass is 10.2. The molecular formula is C15H22N4O3S. The van der Waals surface area contributed by atoms with Gasteiger partial charge in [0.15, 0.2) is 0 Å². The number of nitrogens with zero attached hydrogens (tertiary/aromatic N) is 3. The van der Waals surface area contributed by atoms with Crippen LogP contribution < -0.4 is 5.32 Å². The van der Waals surface area contributed by atoms with Gasteiger partial charge in [-0.15, -0.1) is 0 Å². The van der Waals surface area contributed by atoms with Crippen LogP contribution in [0, 0.1) is 11.3 Å². The van der Waals surface area contributed by atoms with Crippen LogP contribution in [0.5, 0.6) is 0 Å². The summed E-state index contributed by atoms with van der Waals surface area (Å²) in [5.74, 6) is -0.469. The van der Waals surface area contributed by atoms with Gasteiger partial charge in [-0.1, -0.05) is 12.1 Å². The molecule has 0 radical (unpaired) electrons. The van der Waals surface area contributed by atoms with Gasteiger partial charge in [-0.2, -0.15) is 9.57 Å². The first-order valence-electron chi connectivity index (χ1n) is 7.13. The van der Waals surface area contributed by atoms with Gasteiger partial charge in [0.05, 0.1) is 24.1 Å². The second-order valence-corrected chi connectivity index (χ2v) is 7.44. The Balaban J connectivity index is 2.72. The number of para-hydroxylation sites is 1. The van der Waals surface area contributed by atoms with E-state index in [2.05, 4.69) is 5.32 Å². The van der Waals surface area contributed by atoms with E-state index in [1.165, 1.54) is 0 Å². The second-order valence-electron chi connectivity index (χ2n) is 5.46. The predicted octanol–water partition coefficient (Wildman–Crippen LogP) is 0.710. The number of nitrogens with one attached hydrogen (secondary N) is 1. The monoisotopic (exact) mass is 338 g/mol. The highest BCUT2D eigenvalue weighted by atomic mass is 32.2. The first-order chi connectivity index (χ1) is 10.7. The Morgan fingerprint density at radius 3 is 2.48 bits per heavy atom. The summed E-state index contributed by atoms with van der Waals surface area (Å²) in [6, 6.07) is 8.56. The zero-order valence-corrected chi connectivity index (χ0v) is 14.4. The van der Waals surface area contributed by atoms with Crippen LogP contribution in [0.15, 0.2) is 24.3 Å². The molecule has 1 aromatic carbocycles. The third-order valence-electron chi connectivity index (χ3n) is 3.12. The van der Waals surface area contributed by atoms with Crippen molar-refractivity contribution in [3.8, 4) is 6.07 Å². The van der Waals surface area contributed by atoms with E-state index < -0.39 is 15.9 Å². The highest BCUT2D eigenvalue weighted by Gasteiger charge is 2.20. The SMILES string of the molecule is CN(C)CCCN(CC(=O)Nc1ccccc1C#N)S(C)(=O)=O. The van der Waals surface area contributed by atoms with Gasteiger partial charge in [-0.05, 0) is 39.2 Å². The molecule has 0 saturated heterocycles. The van der Waals surface area contributed by atoms with Gasteiger partial charge in [0.2, 0.25) is 15.9 Å². The van der Waals surface area contributed by atoms with Gasteiger partial charge in [0, 0.05) is 6.54 Å². The minimum atomic E-state index is -3.48. The van der Waals surface area contributed by atoms with E-state index >= 15 is 0 Å². The van der Waals surface area contributed by atoms with E-state index in [9.17, 15) is 13.2 Å². The summed E-state index contributed by atoms with van der Waals surface area (Å²) in [5, 5.41) is 11.6. The maximum atomic E-state index is 12.1. The van der Waals surface area contributed by atoms with Gasteiger partial charge in [0.1, 0.15) is 6.07 Å². The maximum Gasteiger partial charge on any atom is 0.239 e. The molecule has 0 aliphatic heterocycles. The summed E-state index contributed by atoms with van der Waals surface area (Å²) in [5.41, 5.74) is 0.709. The Hall–Kier alpha value is -1.95. The minimum Gasteiger partial charge on any atom is -0.324 e. The number of carbonyl (C=O) groups excluding carboxylic acids is 1. The molecule has 126 valence electrons. The van der Waals surface area contributed by atoms with E-state index in [0.29, 0.717) is 17.7 Å². The Labute approximate surface area is 137 Å². The molecular weight excluding hydrogens is 316 g/mol. The van der Waals surface area contributed by atoms with Crippen molar-refractivity contribution in [3.63, 3.8) is 0 Å². The third-order valence-corrected chi connectivity index (χ3v) is 4.37. The molecule has 0 aromatic heterocycles. The van der Waals surface area contributed by atoms with E-state index in [4.69, 9.17) is 5.26 Å². The number of hydrogen-bond donors (Lipinski definition) is 1. The Morgan fingerprint density at radius 2 is 1.91 bits per heavy atom. The number of rotatable bonds is 8. The zero-order chi connectivity index (χ0) is 17.5. The van der Waals surface area contributed by atoms with E-state index in [0.717, 1.165) is 17.1 Å². The Bertz CT molecular complexity index is 680. The van der Waals surface area contributed by atoms with Gasteiger partial charge in [0.25, 0.3) is 0 Å². The molecule has 0 saturated carbocycles. The maximum absolute atomic E-state index is 12.1. The predicted molar refractivity (Wildman–Crippen MR) is 89.4 cm³/mol. The summed E-state index contributed by atoms with van der Waals surface area (Å²) in [4.78, 5) is 14.0. The molecule has 1 rings (SSSR count). The van der Waals surface area contributed by atoms with Gasteiger partial charge in [-0.25, -0.2) is 8.42 Å². The summed E-state index contributed by atoms with van der Waals surface area (Å²) < 4.78 is 24.7. The average molecular weight is 338 g/mol. The van der Waals surface area contributed by atoms with Crippen LogP contribution in [0.1, 0.15) is 12.0 Å². The van der Waals surface area contributed by atoms with Crippen molar-refractivity contribution in [2.45, 2.75) is 6.42 Å². The van der Waals surface area contributed by atoms with Crippen LogP contribution in [-0.4, -0.2) is 63.5 Å². The van der Waals surface area contributed by atoms with Crippen LogP contribution in [0.25, 0.3) is 0 Å². The van der Waals surface area contributed by atoms with Crippen LogP contribution in [0.2, 0.25) is 0 Å². The number of carbonyl (C=O) groups is 1. The van der Waals surface area contributed by atoms with Crippen molar-refractivity contribution in [1.29, 1.82) is 5.26 Å². The number of benzene rings is 1. The number of sulfonamides is 1. The molecule has 1 N–H and O–H groups in total. The molecule has 0 bridgehead atoms. The highest BCUT2D eigenvalue weighted by molar-refractivity contribution is 7.88. The van der Waals surface area contributed by atoms with Gasteiger partial charge < -0.3 is 10.2 Å². The number of hydrogen-bond acceptors (Lipinski definition) is 5. The van der Waals surface area contributed by atoms with Gasteiger partial charge in [-0.3, -0.25) is 4.79 Å². The lowest BCUT2D eigenvalue weighted by Crippen LogP contribution is -2.38. The zero-order valence-electron chi connectivity index (χ0n) is 13.6. The standard InChI is InChI=1S/C15H22N4O3S/c1-18(2)9-6-10-19(23(3,21)22)12-15(20)17-14-8-5-4-7-13(14)11-16/h4-5,7-8H,6,9-10,12H2,1-3H3,(H,17,20).